The number of nitrogens with zero attached hydrogens (tertiary/aromatic N) is 2. The minimum atomic E-state index is -0.720. The van der Waals surface area contributed by atoms with E-state index in [0.717, 1.165) is 43.4 Å². The summed E-state index contributed by atoms with van der Waals surface area (Å²) in [5, 5.41) is 2.61. The van der Waals surface area contributed by atoms with Crippen LogP contribution in [-0.4, -0.2) is 34.3 Å². The van der Waals surface area contributed by atoms with Gasteiger partial charge in [0.25, 0.3) is 5.91 Å². The third-order valence-corrected chi connectivity index (χ3v) is 6.92. The first-order valence-corrected chi connectivity index (χ1v) is 11.5. The van der Waals surface area contributed by atoms with Gasteiger partial charge in [-0.05, 0) is 80.2 Å². The van der Waals surface area contributed by atoms with Gasteiger partial charge >= 0.3 is 0 Å². The van der Waals surface area contributed by atoms with Crippen molar-refractivity contribution in [1.29, 1.82) is 0 Å². The van der Waals surface area contributed by atoms with Gasteiger partial charge < -0.3 is 10.2 Å². The summed E-state index contributed by atoms with van der Waals surface area (Å²) in [6.07, 6.45) is 6.75. The first-order chi connectivity index (χ1) is 15.4. The summed E-state index contributed by atoms with van der Waals surface area (Å²) in [6.45, 7) is 0.463. The summed E-state index contributed by atoms with van der Waals surface area (Å²) in [4.78, 5) is 32.1. The minimum absolute atomic E-state index is 0.0384. The van der Waals surface area contributed by atoms with E-state index in [1.54, 1.807) is 11.1 Å². The van der Waals surface area contributed by atoms with Gasteiger partial charge in [-0.3, -0.25) is 14.6 Å². The Morgan fingerprint density at radius 2 is 1.88 bits per heavy atom. The second-order valence-corrected chi connectivity index (χ2v) is 9.42. The van der Waals surface area contributed by atoms with Crippen LogP contribution in [0.15, 0.2) is 30.5 Å². The Balaban J connectivity index is 1.34. The number of amides is 2. The van der Waals surface area contributed by atoms with Crippen molar-refractivity contribution in [2.75, 3.05) is 6.54 Å². The Kier molecular flexibility index (Phi) is 5.61. The molecule has 0 spiro atoms. The van der Waals surface area contributed by atoms with E-state index >= 15 is 0 Å². The van der Waals surface area contributed by atoms with Crippen LogP contribution in [-0.2, 0) is 4.79 Å². The average Bonchev–Trinajstić information content (AvgIpc) is 3.72. The quantitative estimate of drug-likeness (QED) is 0.633. The number of rotatable bonds is 6. The first-order valence-electron chi connectivity index (χ1n) is 11.1. The highest BCUT2D eigenvalue weighted by Gasteiger charge is 2.40. The number of carbonyl (C=O) groups excluding carboxylic acids is 2. The highest BCUT2D eigenvalue weighted by Crippen LogP contribution is 2.43. The highest BCUT2D eigenvalue weighted by molar-refractivity contribution is 6.30. The Morgan fingerprint density at radius 3 is 2.59 bits per heavy atom. The fourth-order valence-electron chi connectivity index (χ4n) is 4.57. The molecule has 0 bridgehead atoms. The van der Waals surface area contributed by atoms with E-state index in [2.05, 4.69) is 10.3 Å². The molecule has 2 heterocycles. The van der Waals surface area contributed by atoms with Gasteiger partial charge in [0, 0.05) is 18.3 Å². The molecule has 2 amide bonds. The predicted octanol–water partition coefficient (Wildman–Crippen LogP) is 4.76. The number of benzene rings is 1. The largest absolute Gasteiger partial charge is 0.347 e. The number of hydrogen-bond acceptors (Lipinski definition) is 3. The molecule has 0 unspecified atom stereocenters. The van der Waals surface area contributed by atoms with Crippen molar-refractivity contribution in [2.24, 2.45) is 5.92 Å². The molecule has 1 aromatic carbocycles. The third kappa shape index (κ3) is 4.22. The van der Waals surface area contributed by atoms with Gasteiger partial charge in [0.05, 0.1) is 11.1 Å². The van der Waals surface area contributed by atoms with Gasteiger partial charge in [-0.2, -0.15) is 0 Å². The molecule has 5 nitrogen and oxygen atoms in total. The summed E-state index contributed by atoms with van der Waals surface area (Å²) < 4.78 is 28.6. The molecule has 2 aromatic rings. The van der Waals surface area contributed by atoms with Gasteiger partial charge in [0.1, 0.15) is 23.4 Å². The zero-order chi connectivity index (χ0) is 22.4. The summed E-state index contributed by atoms with van der Waals surface area (Å²) in [6, 6.07) is 4.46. The number of hydrogen-bond donors (Lipinski definition) is 1. The average molecular weight is 460 g/mol. The lowest BCUT2D eigenvalue weighted by atomic mass is 10.0. The minimum Gasteiger partial charge on any atom is -0.347 e. The SMILES string of the molecule is O=C(N[C@@H](c1cc(F)c(Cl)cc1F)C1CC1)[C@H]1CCCN1C(=O)c1cc(C2CC2)ccn1. The van der Waals surface area contributed by atoms with Crippen LogP contribution in [0.25, 0.3) is 0 Å². The Labute approximate surface area is 190 Å². The molecule has 5 rings (SSSR count). The van der Waals surface area contributed by atoms with Crippen LogP contribution in [0.1, 0.15) is 72.1 Å². The molecule has 2 atom stereocenters. The van der Waals surface area contributed by atoms with Crippen LogP contribution in [0.4, 0.5) is 8.78 Å². The number of carbonyl (C=O) groups is 2. The first kappa shape index (κ1) is 21.3. The van der Waals surface area contributed by atoms with Crippen LogP contribution in [0.5, 0.6) is 0 Å². The second kappa shape index (κ2) is 8.43. The normalized spacial score (nSPS) is 21.5. The van der Waals surface area contributed by atoms with Crippen molar-refractivity contribution in [3.05, 3.63) is 63.9 Å². The van der Waals surface area contributed by atoms with E-state index in [9.17, 15) is 18.4 Å². The number of likely N-dealkylation sites (tertiary alicyclic amines) is 1. The Hall–Kier alpha value is -2.54. The standard InChI is InChI=1S/C24H24ClF2N3O2/c25-17-12-18(26)16(11-19(17)27)22(14-5-6-14)29-23(31)21-2-1-9-30(21)24(32)20-10-15(7-8-28-20)13-3-4-13/h7-8,10-14,21-22H,1-6,9H2,(H,29,31)/t21-,22-/m1/s1. The molecule has 1 aromatic heterocycles. The van der Waals surface area contributed by atoms with Crippen LogP contribution in [0, 0.1) is 17.6 Å². The zero-order valence-corrected chi connectivity index (χ0v) is 18.2. The monoisotopic (exact) mass is 459 g/mol. The topological polar surface area (TPSA) is 62.3 Å². The van der Waals surface area contributed by atoms with Crippen molar-refractivity contribution >= 4 is 23.4 Å². The molecule has 168 valence electrons. The van der Waals surface area contributed by atoms with E-state index in [-0.39, 0.29) is 28.3 Å². The lowest BCUT2D eigenvalue weighted by Crippen LogP contribution is -2.47. The van der Waals surface area contributed by atoms with Crippen LogP contribution in [0.3, 0.4) is 0 Å². The summed E-state index contributed by atoms with van der Waals surface area (Å²) >= 11 is 5.69. The number of aromatic nitrogens is 1. The van der Waals surface area contributed by atoms with E-state index in [1.807, 2.05) is 12.1 Å². The maximum Gasteiger partial charge on any atom is 0.273 e. The summed E-state index contributed by atoms with van der Waals surface area (Å²) in [5.41, 5.74) is 1.55. The molecule has 32 heavy (non-hydrogen) atoms. The van der Waals surface area contributed by atoms with Crippen molar-refractivity contribution in [2.45, 2.75) is 56.5 Å². The molecule has 0 radical (unpaired) electrons. The highest BCUT2D eigenvalue weighted by atomic mass is 35.5. The molecule has 1 aliphatic heterocycles. The lowest BCUT2D eigenvalue weighted by Gasteiger charge is -2.27. The summed E-state index contributed by atoms with van der Waals surface area (Å²) in [7, 11) is 0. The molecule has 2 saturated carbocycles. The molecule has 1 saturated heterocycles. The van der Waals surface area contributed by atoms with Gasteiger partial charge in [-0.1, -0.05) is 11.6 Å². The molecule has 3 fully saturated rings. The predicted molar refractivity (Wildman–Crippen MR) is 115 cm³/mol. The van der Waals surface area contributed by atoms with E-state index in [0.29, 0.717) is 31.0 Å². The van der Waals surface area contributed by atoms with E-state index < -0.39 is 23.7 Å². The van der Waals surface area contributed by atoms with Gasteiger partial charge in [0.2, 0.25) is 5.91 Å². The molecule has 3 aliphatic rings. The fourth-order valence-corrected chi connectivity index (χ4v) is 4.72. The number of nitrogens with one attached hydrogen (secondary N) is 1. The van der Waals surface area contributed by atoms with Gasteiger partial charge in [-0.15, -0.1) is 0 Å². The molecule has 2 aliphatic carbocycles. The number of halogens is 3. The smallest absolute Gasteiger partial charge is 0.273 e. The Bertz CT molecular complexity index is 1070. The summed E-state index contributed by atoms with van der Waals surface area (Å²) in [5.74, 6) is -1.44. The number of pyridine rings is 1. The van der Waals surface area contributed by atoms with Crippen LogP contribution >= 0.6 is 11.6 Å². The van der Waals surface area contributed by atoms with E-state index in [4.69, 9.17) is 11.6 Å². The third-order valence-electron chi connectivity index (χ3n) is 6.63. The van der Waals surface area contributed by atoms with E-state index in [1.165, 1.54) is 0 Å². The van der Waals surface area contributed by atoms with Crippen molar-refractivity contribution in [3.8, 4) is 0 Å². The van der Waals surface area contributed by atoms with Crippen molar-refractivity contribution in [1.82, 2.24) is 15.2 Å². The van der Waals surface area contributed by atoms with Crippen LogP contribution in [0.2, 0.25) is 5.02 Å². The maximum absolute atomic E-state index is 14.6. The molecule has 8 heteroatoms. The van der Waals surface area contributed by atoms with Gasteiger partial charge in [-0.25, -0.2) is 8.78 Å². The molecule has 1 N–H and O–H groups in total. The van der Waals surface area contributed by atoms with Crippen LogP contribution < -0.4 is 5.32 Å². The lowest BCUT2D eigenvalue weighted by molar-refractivity contribution is -0.125. The Morgan fingerprint density at radius 1 is 1.09 bits per heavy atom. The van der Waals surface area contributed by atoms with Crippen molar-refractivity contribution in [3.63, 3.8) is 0 Å². The zero-order valence-electron chi connectivity index (χ0n) is 17.5. The molecular formula is C24H24ClF2N3O2. The second-order valence-electron chi connectivity index (χ2n) is 9.02. The fraction of sp³-hybridized carbons (Fsp3) is 0.458. The van der Waals surface area contributed by atoms with Gasteiger partial charge in [0.15, 0.2) is 0 Å². The van der Waals surface area contributed by atoms with Crippen molar-refractivity contribution < 1.29 is 18.4 Å². The molecular weight excluding hydrogens is 436 g/mol. The maximum atomic E-state index is 14.6.